The molecule has 0 aliphatic heterocycles. The van der Waals surface area contributed by atoms with E-state index in [0.717, 1.165) is 0 Å². The minimum atomic E-state index is -3.42. The van der Waals surface area contributed by atoms with Crippen molar-refractivity contribution in [3.63, 3.8) is 0 Å². The van der Waals surface area contributed by atoms with Crippen LogP contribution >= 0.6 is 0 Å². The second-order valence-electron chi connectivity index (χ2n) is 4.39. The molecule has 0 amide bonds. The van der Waals surface area contributed by atoms with Gasteiger partial charge in [0, 0.05) is 5.69 Å². The molecule has 0 bridgehead atoms. The number of anilines is 1. The van der Waals surface area contributed by atoms with Gasteiger partial charge in [-0.25, -0.2) is 8.42 Å². The van der Waals surface area contributed by atoms with Crippen molar-refractivity contribution in [2.24, 2.45) is 0 Å². The van der Waals surface area contributed by atoms with Crippen molar-refractivity contribution in [3.8, 4) is 11.5 Å². The van der Waals surface area contributed by atoms with Gasteiger partial charge in [-0.2, -0.15) is 0 Å². The summed E-state index contributed by atoms with van der Waals surface area (Å²) in [6.07, 6.45) is 0. The molecular weight excluding hydrogens is 290 g/mol. The van der Waals surface area contributed by atoms with Crippen LogP contribution in [-0.4, -0.2) is 27.9 Å². The Morgan fingerprint density at radius 2 is 1.76 bits per heavy atom. The lowest BCUT2D eigenvalue weighted by atomic mass is 10.3. The third-order valence-electron chi connectivity index (χ3n) is 2.90. The van der Waals surface area contributed by atoms with Crippen LogP contribution in [0.3, 0.4) is 0 Å². The molecule has 0 saturated carbocycles. The number of nitrogen functional groups attached to an aromatic ring is 1. The van der Waals surface area contributed by atoms with E-state index in [1.54, 1.807) is 30.3 Å². The number of sulfone groups is 1. The standard InChI is InChI=1S/C15H17NO4S/c1-19-14-7-2-3-8-15(14)20-9-10-21(17,18)13-6-4-5-12(16)11-13/h2-8,11H,9-10,16H2,1H3. The van der Waals surface area contributed by atoms with Crippen molar-refractivity contribution < 1.29 is 17.9 Å². The summed E-state index contributed by atoms with van der Waals surface area (Å²) in [5.74, 6) is 0.954. The summed E-state index contributed by atoms with van der Waals surface area (Å²) in [7, 11) is -1.88. The van der Waals surface area contributed by atoms with E-state index in [1.165, 1.54) is 19.2 Å². The maximum atomic E-state index is 12.2. The minimum Gasteiger partial charge on any atom is -0.493 e. The van der Waals surface area contributed by atoms with Gasteiger partial charge < -0.3 is 15.2 Å². The summed E-state index contributed by atoms with van der Waals surface area (Å²) in [5, 5.41) is 0. The summed E-state index contributed by atoms with van der Waals surface area (Å²) in [5.41, 5.74) is 6.02. The molecule has 2 N–H and O–H groups in total. The van der Waals surface area contributed by atoms with E-state index in [9.17, 15) is 8.42 Å². The summed E-state index contributed by atoms with van der Waals surface area (Å²) < 4.78 is 34.9. The molecular formula is C15H17NO4S. The van der Waals surface area contributed by atoms with Crippen LogP contribution in [0.2, 0.25) is 0 Å². The highest BCUT2D eigenvalue weighted by molar-refractivity contribution is 7.91. The van der Waals surface area contributed by atoms with Crippen molar-refractivity contribution in [2.75, 3.05) is 25.2 Å². The van der Waals surface area contributed by atoms with Gasteiger partial charge in [0.2, 0.25) is 0 Å². The average molecular weight is 307 g/mol. The summed E-state index contributed by atoms with van der Waals surface area (Å²) >= 11 is 0. The topological polar surface area (TPSA) is 78.6 Å². The Hall–Kier alpha value is -2.21. The summed E-state index contributed by atoms with van der Waals surface area (Å²) in [6.45, 7) is 0.0392. The first kappa shape index (κ1) is 15.2. The van der Waals surface area contributed by atoms with E-state index >= 15 is 0 Å². The molecule has 0 aromatic heterocycles. The molecule has 0 spiro atoms. The Balaban J connectivity index is 2.03. The van der Waals surface area contributed by atoms with Crippen molar-refractivity contribution in [2.45, 2.75) is 4.90 Å². The van der Waals surface area contributed by atoms with Gasteiger partial charge in [0.1, 0.15) is 6.61 Å². The molecule has 0 radical (unpaired) electrons. The molecule has 0 unspecified atom stereocenters. The highest BCUT2D eigenvalue weighted by Gasteiger charge is 2.15. The molecule has 21 heavy (non-hydrogen) atoms. The first-order valence-corrected chi connectivity index (χ1v) is 8.02. The zero-order chi connectivity index (χ0) is 15.3. The van der Waals surface area contributed by atoms with Crippen molar-refractivity contribution in [1.29, 1.82) is 0 Å². The fraction of sp³-hybridized carbons (Fsp3) is 0.200. The SMILES string of the molecule is COc1ccccc1OCCS(=O)(=O)c1cccc(N)c1. The van der Waals surface area contributed by atoms with Crippen LogP contribution in [0.25, 0.3) is 0 Å². The van der Waals surface area contributed by atoms with Crippen LogP contribution < -0.4 is 15.2 Å². The number of nitrogens with two attached hydrogens (primary N) is 1. The Labute approximate surface area is 124 Å². The summed E-state index contributed by atoms with van der Waals surface area (Å²) in [6, 6.07) is 13.3. The third kappa shape index (κ3) is 3.88. The van der Waals surface area contributed by atoms with Crippen molar-refractivity contribution >= 4 is 15.5 Å². The number of rotatable bonds is 6. The molecule has 0 heterocycles. The van der Waals surface area contributed by atoms with Gasteiger partial charge in [0.25, 0.3) is 0 Å². The highest BCUT2D eigenvalue weighted by atomic mass is 32.2. The van der Waals surface area contributed by atoms with Gasteiger partial charge in [-0.1, -0.05) is 18.2 Å². The predicted molar refractivity (Wildman–Crippen MR) is 81.4 cm³/mol. The van der Waals surface area contributed by atoms with E-state index < -0.39 is 9.84 Å². The molecule has 0 saturated heterocycles. The molecule has 112 valence electrons. The lowest BCUT2D eigenvalue weighted by Crippen LogP contribution is -2.14. The monoisotopic (exact) mass is 307 g/mol. The van der Waals surface area contributed by atoms with Gasteiger partial charge in [-0.3, -0.25) is 0 Å². The molecule has 2 rings (SSSR count). The molecule has 0 fully saturated rings. The Bertz CT molecular complexity index is 713. The lowest BCUT2D eigenvalue weighted by molar-refractivity contribution is 0.311. The van der Waals surface area contributed by atoms with Gasteiger partial charge in [0.15, 0.2) is 21.3 Å². The number of ether oxygens (including phenoxy) is 2. The van der Waals surface area contributed by atoms with E-state index in [1.807, 2.05) is 6.07 Å². The quantitative estimate of drug-likeness (QED) is 0.827. The largest absolute Gasteiger partial charge is 0.493 e. The maximum absolute atomic E-state index is 12.2. The van der Waals surface area contributed by atoms with Gasteiger partial charge in [0.05, 0.1) is 17.8 Å². The van der Waals surface area contributed by atoms with Gasteiger partial charge in [-0.05, 0) is 30.3 Å². The smallest absolute Gasteiger partial charge is 0.181 e. The first-order chi connectivity index (χ1) is 10.0. The highest BCUT2D eigenvalue weighted by Crippen LogP contribution is 2.25. The molecule has 2 aromatic rings. The average Bonchev–Trinajstić information content (AvgIpc) is 2.47. The fourth-order valence-electron chi connectivity index (χ4n) is 1.83. The lowest BCUT2D eigenvalue weighted by Gasteiger charge is -2.10. The van der Waals surface area contributed by atoms with E-state index in [4.69, 9.17) is 15.2 Å². The second-order valence-corrected chi connectivity index (χ2v) is 6.50. The molecule has 2 aromatic carbocycles. The summed E-state index contributed by atoms with van der Waals surface area (Å²) in [4.78, 5) is 0.200. The van der Waals surface area contributed by atoms with Crippen molar-refractivity contribution in [3.05, 3.63) is 48.5 Å². The van der Waals surface area contributed by atoms with E-state index in [0.29, 0.717) is 17.2 Å². The van der Waals surface area contributed by atoms with E-state index in [2.05, 4.69) is 0 Å². The van der Waals surface area contributed by atoms with Crippen molar-refractivity contribution in [1.82, 2.24) is 0 Å². The fourth-order valence-corrected chi connectivity index (χ4v) is 2.97. The maximum Gasteiger partial charge on any atom is 0.181 e. The zero-order valence-corrected chi connectivity index (χ0v) is 12.5. The van der Waals surface area contributed by atoms with E-state index in [-0.39, 0.29) is 17.3 Å². The Morgan fingerprint density at radius 3 is 2.43 bits per heavy atom. The molecule has 0 atom stereocenters. The van der Waals surface area contributed by atoms with Crippen LogP contribution in [0.15, 0.2) is 53.4 Å². The molecule has 0 aliphatic carbocycles. The molecule has 0 aliphatic rings. The second kappa shape index (κ2) is 6.49. The third-order valence-corrected chi connectivity index (χ3v) is 4.57. The number of hydrogen-bond acceptors (Lipinski definition) is 5. The molecule has 6 heteroatoms. The number of methoxy groups -OCH3 is 1. The Morgan fingerprint density at radius 1 is 1.05 bits per heavy atom. The predicted octanol–water partition coefficient (Wildman–Crippen LogP) is 2.13. The molecule has 5 nitrogen and oxygen atoms in total. The van der Waals surface area contributed by atoms with Gasteiger partial charge in [-0.15, -0.1) is 0 Å². The number of hydrogen-bond donors (Lipinski definition) is 1. The number of benzene rings is 2. The van der Waals surface area contributed by atoms with Crippen LogP contribution in [-0.2, 0) is 9.84 Å². The van der Waals surface area contributed by atoms with Crippen LogP contribution in [0.1, 0.15) is 0 Å². The van der Waals surface area contributed by atoms with Crippen LogP contribution in [0.5, 0.6) is 11.5 Å². The normalized spacial score (nSPS) is 11.1. The zero-order valence-electron chi connectivity index (χ0n) is 11.7. The minimum absolute atomic E-state index is 0.0392. The number of para-hydroxylation sites is 2. The van der Waals surface area contributed by atoms with Gasteiger partial charge >= 0.3 is 0 Å². The first-order valence-electron chi connectivity index (χ1n) is 6.37. The Kier molecular flexibility index (Phi) is 4.70. The van der Waals surface area contributed by atoms with Crippen LogP contribution in [0, 0.1) is 0 Å². The van der Waals surface area contributed by atoms with Crippen LogP contribution in [0.4, 0.5) is 5.69 Å².